The monoisotopic (exact) mass is 368 g/mol. The van der Waals surface area contributed by atoms with Gasteiger partial charge in [0.2, 0.25) is 5.95 Å². The number of benzene rings is 1. The summed E-state index contributed by atoms with van der Waals surface area (Å²) in [6.45, 7) is 1.75. The van der Waals surface area contributed by atoms with Gasteiger partial charge in [-0.1, -0.05) is 19.1 Å². The van der Waals surface area contributed by atoms with Gasteiger partial charge in [-0.3, -0.25) is 14.6 Å². The molecule has 1 atom stereocenters. The Labute approximate surface area is 148 Å². The van der Waals surface area contributed by atoms with Crippen LogP contribution in [0.25, 0.3) is 0 Å². The van der Waals surface area contributed by atoms with Crippen LogP contribution in [0, 0.1) is 5.82 Å². The summed E-state index contributed by atoms with van der Waals surface area (Å²) in [6, 6.07) is 3.75. The summed E-state index contributed by atoms with van der Waals surface area (Å²) in [5.41, 5.74) is -0.933. The quantitative estimate of drug-likeness (QED) is 0.822. The highest BCUT2D eigenvalue weighted by atomic mass is 19.3. The molecular formula is C17H19F3N4O2. The lowest BCUT2D eigenvalue weighted by molar-refractivity contribution is 0.0930. The Balaban J connectivity index is 2.26. The number of hydrogen-bond acceptors (Lipinski definition) is 4. The van der Waals surface area contributed by atoms with E-state index in [0.717, 1.165) is 18.2 Å². The number of rotatable bonds is 6. The summed E-state index contributed by atoms with van der Waals surface area (Å²) < 4.78 is 39.1. The molecule has 1 aromatic heterocycles. The summed E-state index contributed by atoms with van der Waals surface area (Å²) in [6.07, 6.45) is -2.52. The Morgan fingerprint density at radius 1 is 1.31 bits per heavy atom. The van der Waals surface area contributed by atoms with Crippen LogP contribution in [-0.4, -0.2) is 30.0 Å². The molecule has 0 saturated heterocycles. The maximum Gasteiger partial charge on any atom is 0.270 e. The van der Waals surface area contributed by atoms with Crippen LogP contribution in [-0.2, 0) is 0 Å². The van der Waals surface area contributed by atoms with Crippen LogP contribution in [0.2, 0.25) is 0 Å². The van der Waals surface area contributed by atoms with E-state index in [1.165, 1.54) is 11.0 Å². The van der Waals surface area contributed by atoms with Crippen molar-refractivity contribution in [1.82, 2.24) is 15.3 Å². The molecule has 0 unspecified atom stereocenters. The number of carbonyl (C=O) groups is 1. The molecular weight excluding hydrogens is 349 g/mol. The Morgan fingerprint density at radius 2 is 2.00 bits per heavy atom. The van der Waals surface area contributed by atoms with Crippen LogP contribution in [0.4, 0.5) is 19.1 Å². The van der Waals surface area contributed by atoms with Crippen molar-refractivity contribution in [3.63, 3.8) is 0 Å². The number of alkyl halides is 2. The fourth-order valence-corrected chi connectivity index (χ4v) is 2.36. The number of carbonyl (C=O) groups excluding carboxylic acids is 1. The summed E-state index contributed by atoms with van der Waals surface area (Å²) in [5.74, 6) is -1.44. The number of amides is 1. The van der Waals surface area contributed by atoms with Crippen molar-refractivity contribution in [2.45, 2.75) is 25.8 Å². The minimum Gasteiger partial charge on any atom is -0.348 e. The second-order valence-electron chi connectivity index (χ2n) is 5.86. The number of aromatic nitrogens is 2. The number of aromatic amines is 1. The van der Waals surface area contributed by atoms with Gasteiger partial charge in [0.05, 0.1) is 11.6 Å². The van der Waals surface area contributed by atoms with E-state index in [1.54, 1.807) is 21.0 Å². The highest BCUT2D eigenvalue weighted by molar-refractivity contribution is 5.92. The first kappa shape index (κ1) is 19.5. The largest absolute Gasteiger partial charge is 0.348 e. The third-order valence-corrected chi connectivity index (χ3v) is 3.76. The zero-order chi connectivity index (χ0) is 19.4. The first-order valence-electron chi connectivity index (χ1n) is 7.90. The Kier molecular flexibility index (Phi) is 6.01. The van der Waals surface area contributed by atoms with Crippen LogP contribution >= 0.6 is 0 Å². The molecule has 26 heavy (non-hydrogen) atoms. The highest BCUT2D eigenvalue weighted by Gasteiger charge is 2.20. The van der Waals surface area contributed by atoms with Crippen LogP contribution in [0.1, 0.15) is 47.4 Å². The molecule has 6 nitrogen and oxygen atoms in total. The van der Waals surface area contributed by atoms with Crippen molar-refractivity contribution in [1.29, 1.82) is 0 Å². The summed E-state index contributed by atoms with van der Waals surface area (Å²) in [4.78, 5) is 32.2. The van der Waals surface area contributed by atoms with E-state index in [9.17, 15) is 22.8 Å². The van der Waals surface area contributed by atoms with Crippen molar-refractivity contribution in [2.75, 3.05) is 19.0 Å². The molecule has 1 heterocycles. The van der Waals surface area contributed by atoms with Gasteiger partial charge in [0.25, 0.3) is 17.9 Å². The highest BCUT2D eigenvalue weighted by Crippen LogP contribution is 2.26. The Morgan fingerprint density at radius 3 is 2.54 bits per heavy atom. The van der Waals surface area contributed by atoms with E-state index in [1.807, 2.05) is 0 Å². The number of hydrogen-bond donors (Lipinski definition) is 2. The molecule has 0 aliphatic rings. The maximum atomic E-state index is 13.8. The molecule has 0 saturated carbocycles. The second-order valence-corrected chi connectivity index (χ2v) is 5.86. The summed E-state index contributed by atoms with van der Waals surface area (Å²) >= 11 is 0. The van der Waals surface area contributed by atoms with E-state index in [4.69, 9.17) is 0 Å². The van der Waals surface area contributed by atoms with E-state index < -0.39 is 35.3 Å². The van der Waals surface area contributed by atoms with Crippen LogP contribution in [0.5, 0.6) is 0 Å². The standard InChI is InChI=1S/C17H19F3N4O2/c1-4-12(9-5-6-10(15(19)20)11(18)7-9)21-16(26)13-8-14(25)23-17(22-13)24(2)3/h5-8,12,15H,4H2,1-3H3,(H,21,26)(H,22,23,25)/t12-/m1/s1. The number of halogens is 3. The minimum atomic E-state index is -2.91. The number of H-pyrrole nitrogens is 1. The van der Waals surface area contributed by atoms with Gasteiger partial charge in [0.15, 0.2) is 0 Å². The predicted octanol–water partition coefficient (Wildman–Crippen LogP) is 2.79. The number of anilines is 1. The average molecular weight is 368 g/mol. The van der Waals surface area contributed by atoms with Gasteiger partial charge >= 0.3 is 0 Å². The third kappa shape index (κ3) is 4.41. The van der Waals surface area contributed by atoms with E-state index in [2.05, 4.69) is 15.3 Å². The Hall–Kier alpha value is -2.84. The van der Waals surface area contributed by atoms with Gasteiger partial charge in [-0.2, -0.15) is 0 Å². The first-order valence-corrected chi connectivity index (χ1v) is 7.90. The van der Waals surface area contributed by atoms with Crippen molar-refractivity contribution >= 4 is 11.9 Å². The lowest BCUT2D eigenvalue weighted by atomic mass is 10.0. The summed E-state index contributed by atoms with van der Waals surface area (Å²) in [7, 11) is 3.31. The van der Waals surface area contributed by atoms with Gasteiger partial charge in [-0.15, -0.1) is 0 Å². The average Bonchev–Trinajstić information content (AvgIpc) is 2.58. The third-order valence-electron chi connectivity index (χ3n) is 3.76. The molecule has 0 aliphatic heterocycles. The molecule has 0 bridgehead atoms. The topological polar surface area (TPSA) is 78.1 Å². The van der Waals surface area contributed by atoms with Gasteiger partial charge < -0.3 is 10.2 Å². The van der Waals surface area contributed by atoms with Crippen molar-refractivity contribution in [3.05, 3.63) is 57.3 Å². The van der Waals surface area contributed by atoms with Crippen LogP contribution < -0.4 is 15.8 Å². The van der Waals surface area contributed by atoms with E-state index in [0.29, 0.717) is 12.0 Å². The van der Waals surface area contributed by atoms with E-state index in [-0.39, 0.29) is 11.6 Å². The lowest BCUT2D eigenvalue weighted by Gasteiger charge is -2.18. The normalized spacial score (nSPS) is 12.1. The SMILES string of the molecule is CC[C@@H](NC(=O)c1cc(=O)[nH]c(N(C)C)n1)c1ccc(C(F)F)c(F)c1. The smallest absolute Gasteiger partial charge is 0.270 e. The zero-order valence-electron chi connectivity index (χ0n) is 14.5. The fraction of sp³-hybridized carbons (Fsp3) is 0.353. The molecule has 0 fully saturated rings. The van der Waals surface area contributed by atoms with Gasteiger partial charge in [-0.25, -0.2) is 18.2 Å². The van der Waals surface area contributed by atoms with Crippen molar-refractivity contribution in [2.24, 2.45) is 0 Å². The molecule has 0 radical (unpaired) electrons. The predicted molar refractivity (Wildman–Crippen MR) is 91.0 cm³/mol. The lowest BCUT2D eigenvalue weighted by Crippen LogP contribution is -2.31. The number of nitrogens with zero attached hydrogens (tertiary/aromatic N) is 2. The van der Waals surface area contributed by atoms with Gasteiger partial charge in [-0.05, 0) is 18.1 Å². The zero-order valence-corrected chi connectivity index (χ0v) is 14.5. The molecule has 1 aromatic carbocycles. The van der Waals surface area contributed by atoms with Crippen LogP contribution in [0.15, 0.2) is 29.1 Å². The first-order chi connectivity index (χ1) is 12.2. The molecule has 2 rings (SSSR count). The van der Waals surface area contributed by atoms with Crippen molar-refractivity contribution in [3.8, 4) is 0 Å². The maximum absolute atomic E-state index is 13.8. The molecule has 1 amide bonds. The Bertz CT molecular complexity index is 852. The number of nitrogens with one attached hydrogen (secondary N) is 2. The van der Waals surface area contributed by atoms with Crippen LogP contribution in [0.3, 0.4) is 0 Å². The minimum absolute atomic E-state index is 0.0967. The molecule has 0 aliphatic carbocycles. The molecule has 0 spiro atoms. The van der Waals surface area contributed by atoms with Gasteiger partial charge in [0.1, 0.15) is 11.5 Å². The van der Waals surface area contributed by atoms with Gasteiger partial charge in [0, 0.05) is 20.2 Å². The molecule has 2 N–H and O–H groups in total. The fourth-order valence-electron chi connectivity index (χ4n) is 2.36. The van der Waals surface area contributed by atoms with E-state index >= 15 is 0 Å². The molecule has 140 valence electrons. The summed E-state index contributed by atoms with van der Waals surface area (Å²) in [5, 5.41) is 2.64. The molecule has 2 aromatic rings. The molecule has 9 heteroatoms. The second kappa shape index (κ2) is 8.03. The van der Waals surface area contributed by atoms with Crippen molar-refractivity contribution < 1.29 is 18.0 Å².